The molecule has 6 nitrogen and oxygen atoms in total. The fourth-order valence-corrected chi connectivity index (χ4v) is 1.55. The molecule has 1 aromatic heterocycles. The summed E-state index contributed by atoms with van der Waals surface area (Å²) in [4.78, 5) is 31.3. The number of nitrogens with zero attached hydrogens (tertiary/aromatic N) is 2. The van der Waals surface area contributed by atoms with Crippen molar-refractivity contribution < 1.29 is 9.53 Å². The average Bonchev–Trinajstić information content (AvgIpc) is 3.11. The molecule has 0 saturated heterocycles. The monoisotopic (exact) mass is 237 g/mol. The minimum atomic E-state index is -0.359. The van der Waals surface area contributed by atoms with Crippen LogP contribution in [0, 0.1) is 0 Å². The van der Waals surface area contributed by atoms with E-state index in [4.69, 9.17) is 0 Å². The van der Waals surface area contributed by atoms with Crippen LogP contribution in [0.25, 0.3) is 0 Å². The normalized spacial score (nSPS) is 14.5. The topological polar surface area (TPSA) is 75.3 Å². The number of H-pyrrole nitrogens is 1. The summed E-state index contributed by atoms with van der Waals surface area (Å²) in [5.74, 6) is 1.22. The van der Waals surface area contributed by atoms with Gasteiger partial charge in [0.15, 0.2) is 0 Å². The first-order chi connectivity index (χ1) is 8.10. The zero-order valence-electron chi connectivity index (χ0n) is 9.90. The maximum atomic E-state index is 11.5. The Bertz CT molecular complexity index is 479. The highest BCUT2D eigenvalue weighted by Gasteiger charge is 2.26. The van der Waals surface area contributed by atoms with Crippen molar-refractivity contribution in [3.8, 4) is 0 Å². The van der Waals surface area contributed by atoms with Crippen LogP contribution in [0.1, 0.15) is 24.6 Å². The Morgan fingerprint density at radius 3 is 2.94 bits per heavy atom. The molecule has 1 aromatic rings. The molecule has 1 N–H and O–H groups in total. The zero-order valence-corrected chi connectivity index (χ0v) is 9.90. The second kappa shape index (κ2) is 4.57. The third kappa shape index (κ3) is 2.83. The molecule has 0 radical (unpaired) electrons. The van der Waals surface area contributed by atoms with Crippen LogP contribution in [-0.4, -0.2) is 36.6 Å². The van der Waals surface area contributed by atoms with E-state index in [1.54, 1.807) is 11.9 Å². The number of anilines is 1. The second-order valence-electron chi connectivity index (χ2n) is 4.20. The number of carbonyl (C=O) groups is 1. The standard InChI is InChI=1S/C11H15N3O3/c1-14(6-10(16)17-2)8-5-9(15)13-11(12-8)7-3-4-7/h5,7H,3-4,6H2,1-2H3,(H,12,13,15). The lowest BCUT2D eigenvalue weighted by molar-refractivity contribution is -0.138. The lowest BCUT2D eigenvalue weighted by Gasteiger charge is -2.16. The number of methoxy groups -OCH3 is 1. The molecule has 2 rings (SSSR count). The lowest BCUT2D eigenvalue weighted by Crippen LogP contribution is -2.28. The van der Waals surface area contributed by atoms with E-state index in [2.05, 4.69) is 14.7 Å². The van der Waals surface area contributed by atoms with Crippen LogP contribution in [0.3, 0.4) is 0 Å². The number of esters is 1. The molecule has 1 aliphatic carbocycles. The van der Waals surface area contributed by atoms with E-state index in [0.717, 1.165) is 12.8 Å². The van der Waals surface area contributed by atoms with Gasteiger partial charge in [0.1, 0.15) is 18.2 Å². The van der Waals surface area contributed by atoms with E-state index in [1.165, 1.54) is 13.2 Å². The predicted molar refractivity (Wildman–Crippen MR) is 62.1 cm³/mol. The molecule has 0 bridgehead atoms. The third-order valence-electron chi connectivity index (χ3n) is 2.70. The number of rotatable bonds is 4. The number of likely N-dealkylation sites (N-methyl/N-ethyl adjacent to an activating group) is 1. The Morgan fingerprint density at radius 1 is 1.65 bits per heavy atom. The van der Waals surface area contributed by atoms with Gasteiger partial charge in [-0.3, -0.25) is 9.59 Å². The summed E-state index contributed by atoms with van der Waals surface area (Å²) in [6, 6.07) is 1.38. The first kappa shape index (κ1) is 11.6. The van der Waals surface area contributed by atoms with Gasteiger partial charge in [0.2, 0.25) is 0 Å². The first-order valence-electron chi connectivity index (χ1n) is 5.49. The number of carbonyl (C=O) groups excluding carboxylic acids is 1. The van der Waals surface area contributed by atoms with Crippen molar-refractivity contribution in [1.82, 2.24) is 9.97 Å². The lowest BCUT2D eigenvalue weighted by atomic mass is 10.4. The number of aromatic amines is 1. The van der Waals surface area contributed by atoms with Gasteiger partial charge in [0.05, 0.1) is 7.11 Å². The molecule has 1 fully saturated rings. The zero-order chi connectivity index (χ0) is 12.4. The summed E-state index contributed by atoms with van der Waals surface area (Å²) in [6.45, 7) is 0.0804. The van der Waals surface area contributed by atoms with Gasteiger partial charge in [-0.25, -0.2) is 4.98 Å². The Hall–Kier alpha value is -1.85. The summed E-state index contributed by atoms with van der Waals surface area (Å²) >= 11 is 0. The van der Waals surface area contributed by atoms with Crippen molar-refractivity contribution in [3.63, 3.8) is 0 Å². The van der Waals surface area contributed by atoms with Gasteiger partial charge in [-0.15, -0.1) is 0 Å². The summed E-state index contributed by atoms with van der Waals surface area (Å²) in [5.41, 5.74) is -0.186. The summed E-state index contributed by atoms with van der Waals surface area (Å²) in [7, 11) is 3.03. The molecule has 1 heterocycles. The van der Waals surface area contributed by atoms with Gasteiger partial charge >= 0.3 is 5.97 Å². The van der Waals surface area contributed by atoms with E-state index in [0.29, 0.717) is 17.6 Å². The van der Waals surface area contributed by atoms with E-state index < -0.39 is 0 Å². The highest BCUT2D eigenvalue weighted by molar-refractivity contribution is 5.74. The largest absolute Gasteiger partial charge is 0.468 e. The van der Waals surface area contributed by atoms with Crippen LogP contribution in [0.15, 0.2) is 10.9 Å². The smallest absolute Gasteiger partial charge is 0.325 e. The van der Waals surface area contributed by atoms with Gasteiger partial charge < -0.3 is 14.6 Å². The molecule has 0 spiro atoms. The molecule has 0 aliphatic heterocycles. The maximum absolute atomic E-state index is 11.5. The van der Waals surface area contributed by atoms with Crippen molar-refractivity contribution in [2.75, 3.05) is 25.6 Å². The fraction of sp³-hybridized carbons (Fsp3) is 0.545. The highest BCUT2D eigenvalue weighted by atomic mass is 16.5. The van der Waals surface area contributed by atoms with E-state index >= 15 is 0 Å². The third-order valence-corrected chi connectivity index (χ3v) is 2.70. The van der Waals surface area contributed by atoms with Crippen molar-refractivity contribution >= 4 is 11.8 Å². The molecule has 0 aromatic carbocycles. The first-order valence-corrected chi connectivity index (χ1v) is 5.49. The summed E-state index contributed by atoms with van der Waals surface area (Å²) < 4.78 is 4.57. The van der Waals surface area contributed by atoms with Gasteiger partial charge in [-0.1, -0.05) is 0 Å². The number of ether oxygens (including phenoxy) is 1. The second-order valence-corrected chi connectivity index (χ2v) is 4.20. The summed E-state index contributed by atoms with van der Waals surface area (Å²) in [5, 5.41) is 0. The van der Waals surface area contributed by atoms with Crippen LogP contribution in [0.2, 0.25) is 0 Å². The average molecular weight is 237 g/mol. The molecule has 6 heteroatoms. The Labute approximate surface area is 98.6 Å². The molecule has 17 heavy (non-hydrogen) atoms. The van der Waals surface area contributed by atoms with Gasteiger partial charge in [-0.05, 0) is 12.8 Å². The van der Waals surface area contributed by atoms with Crippen LogP contribution in [0.4, 0.5) is 5.82 Å². The Balaban J connectivity index is 2.19. The van der Waals surface area contributed by atoms with Crippen LogP contribution >= 0.6 is 0 Å². The maximum Gasteiger partial charge on any atom is 0.325 e. The van der Waals surface area contributed by atoms with Gasteiger partial charge in [-0.2, -0.15) is 0 Å². The van der Waals surface area contributed by atoms with Crippen LogP contribution < -0.4 is 10.5 Å². The predicted octanol–water partition coefficient (Wildman–Crippen LogP) is 0.256. The van der Waals surface area contributed by atoms with Crippen molar-refractivity contribution in [3.05, 3.63) is 22.2 Å². The minimum absolute atomic E-state index is 0.0804. The minimum Gasteiger partial charge on any atom is -0.468 e. The molecule has 0 amide bonds. The molecule has 92 valence electrons. The number of aromatic nitrogens is 2. The van der Waals surface area contributed by atoms with E-state index in [1.807, 2.05) is 0 Å². The number of nitrogens with one attached hydrogen (secondary N) is 1. The van der Waals surface area contributed by atoms with Crippen molar-refractivity contribution in [2.45, 2.75) is 18.8 Å². The van der Waals surface area contributed by atoms with Crippen molar-refractivity contribution in [1.29, 1.82) is 0 Å². The van der Waals surface area contributed by atoms with Gasteiger partial charge in [0.25, 0.3) is 5.56 Å². The number of hydrogen-bond acceptors (Lipinski definition) is 5. The molecule has 0 unspecified atom stereocenters. The molecule has 1 saturated carbocycles. The fourth-order valence-electron chi connectivity index (χ4n) is 1.55. The molecular weight excluding hydrogens is 222 g/mol. The molecule has 1 aliphatic rings. The van der Waals surface area contributed by atoms with E-state index in [9.17, 15) is 9.59 Å². The Kier molecular flexibility index (Phi) is 3.12. The number of hydrogen-bond donors (Lipinski definition) is 1. The van der Waals surface area contributed by atoms with Crippen LogP contribution in [-0.2, 0) is 9.53 Å². The van der Waals surface area contributed by atoms with Crippen molar-refractivity contribution in [2.24, 2.45) is 0 Å². The van der Waals surface area contributed by atoms with E-state index in [-0.39, 0.29) is 18.1 Å². The summed E-state index contributed by atoms with van der Waals surface area (Å²) in [6.07, 6.45) is 2.13. The highest BCUT2D eigenvalue weighted by Crippen LogP contribution is 2.37. The SMILES string of the molecule is COC(=O)CN(C)c1cc(=O)[nH]c(C2CC2)n1. The van der Waals surface area contributed by atoms with Crippen LogP contribution in [0.5, 0.6) is 0 Å². The quantitative estimate of drug-likeness (QED) is 0.760. The Morgan fingerprint density at radius 2 is 2.35 bits per heavy atom. The van der Waals surface area contributed by atoms with Gasteiger partial charge in [0, 0.05) is 19.0 Å². The molecular formula is C11H15N3O3. The molecule has 0 atom stereocenters.